The Morgan fingerprint density at radius 3 is 2.53 bits per heavy atom. The van der Waals surface area contributed by atoms with E-state index in [2.05, 4.69) is 6.08 Å². The van der Waals surface area contributed by atoms with E-state index in [4.69, 9.17) is 4.74 Å². The van der Waals surface area contributed by atoms with Gasteiger partial charge in [-0.1, -0.05) is 17.7 Å². The second kappa shape index (κ2) is 11.8. The van der Waals surface area contributed by atoms with Crippen molar-refractivity contribution in [2.75, 3.05) is 18.1 Å². The van der Waals surface area contributed by atoms with Gasteiger partial charge in [-0.25, -0.2) is 9.69 Å². The molecule has 1 aliphatic heterocycles. The first kappa shape index (κ1) is 26.7. The number of nitro benzene ring substituents is 1. The predicted octanol–water partition coefficient (Wildman–Crippen LogP) is 4.44. The summed E-state index contributed by atoms with van der Waals surface area (Å²) in [6.07, 6.45) is 6.53. The van der Waals surface area contributed by atoms with Crippen LogP contribution in [0.4, 0.5) is 11.4 Å². The zero-order valence-corrected chi connectivity index (χ0v) is 21.1. The standard InChI is InChI=1S/C28H29N3O7/c1-2-38-28(35)20-11-13-22(14-12-20)30-25(32)18-24(27(30)34)29(16-15-19-7-4-3-5-8-19)26(33)21-9-6-10-23(17-21)31(36)37/h6-7,9-14,17,24H,2-5,8,15-16,18H2,1H3. The van der Waals surface area contributed by atoms with E-state index in [9.17, 15) is 29.3 Å². The lowest BCUT2D eigenvalue weighted by molar-refractivity contribution is -0.384. The molecule has 0 saturated carbocycles. The number of non-ortho nitro benzene ring substituents is 1. The summed E-state index contributed by atoms with van der Waals surface area (Å²) in [4.78, 5) is 65.2. The van der Waals surface area contributed by atoms with Gasteiger partial charge in [-0.3, -0.25) is 24.5 Å². The van der Waals surface area contributed by atoms with Gasteiger partial charge in [0.05, 0.1) is 29.2 Å². The molecular formula is C28H29N3O7. The van der Waals surface area contributed by atoms with Crippen LogP contribution in [0.5, 0.6) is 0 Å². The van der Waals surface area contributed by atoms with Gasteiger partial charge in [0.15, 0.2) is 0 Å². The number of carbonyl (C=O) groups excluding carboxylic acids is 4. The molecule has 4 rings (SSSR count). The van der Waals surface area contributed by atoms with Gasteiger partial charge in [0, 0.05) is 24.2 Å². The van der Waals surface area contributed by atoms with E-state index >= 15 is 0 Å². The fourth-order valence-corrected chi connectivity index (χ4v) is 4.80. The van der Waals surface area contributed by atoms with Gasteiger partial charge in [-0.15, -0.1) is 0 Å². The van der Waals surface area contributed by atoms with Crippen molar-refractivity contribution < 1.29 is 28.8 Å². The number of imide groups is 1. The summed E-state index contributed by atoms with van der Waals surface area (Å²) in [5.41, 5.74) is 1.61. The smallest absolute Gasteiger partial charge is 0.338 e. The van der Waals surface area contributed by atoms with Crippen molar-refractivity contribution in [2.24, 2.45) is 0 Å². The first-order valence-corrected chi connectivity index (χ1v) is 12.7. The van der Waals surface area contributed by atoms with E-state index in [1.165, 1.54) is 59.0 Å². The fraction of sp³-hybridized carbons (Fsp3) is 0.357. The molecule has 1 saturated heterocycles. The van der Waals surface area contributed by atoms with E-state index in [0.29, 0.717) is 6.42 Å². The van der Waals surface area contributed by atoms with Gasteiger partial charge in [0.1, 0.15) is 6.04 Å². The van der Waals surface area contributed by atoms with E-state index in [1.54, 1.807) is 6.92 Å². The van der Waals surface area contributed by atoms with Crippen LogP contribution in [0, 0.1) is 10.1 Å². The quantitative estimate of drug-likeness (QED) is 0.158. The number of anilines is 1. The first-order valence-electron chi connectivity index (χ1n) is 12.7. The van der Waals surface area contributed by atoms with Crippen molar-refractivity contribution in [1.29, 1.82) is 0 Å². The molecule has 0 spiro atoms. The fourth-order valence-electron chi connectivity index (χ4n) is 4.80. The number of nitro groups is 1. The number of allylic oxidation sites excluding steroid dienone is 1. The number of nitrogens with zero attached hydrogens (tertiary/aromatic N) is 3. The van der Waals surface area contributed by atoms with E-state index in [0.717, 1.165) is 30.6 Å². The van der Waals surface area contributed by atoms with Crippen LogP contribution in [0.2, 0.25) is 0 Å². The maximum absolute atomic E-state index is 13.6. The van der Waals surface area contributed by atoms with Crippen LogP contribution in [0.1, 0.15) is 66.2 Å². The van der Waals surface area contributed by atoms with Gasteiger partial charge in [-0.05, 0) is 69.4 Å². The lowest BCUT2D eigenvalue weighted by Gasteiger charge is -2.28. The Morgan fingerprint density at radius 2 is 1.87 bits per heavy atom. The Kier molecular flexibility index (Phi) is 8.30. The molecule has 2 aromatic rings. The first-order chi connectivity index (χ1) is 18.3. The SMILES string of the molecule is CCOC(=O)c1ccc(N2C(=O)CC(N(CCC3=CCCCC3)C(=O)c3cccc([N+](=O)[O-])c3)C2=O)cc1. The number of hydrogen-bond acceptors (Lipinski definition) is 7. The summed E-state index contributed by atoms with van der Waals surface area (Å²) < 4.78 is 4.98. The number of hydrogen-bond donors (Lipinski definition) is 0. The zero-order chi connectivity index (χ0) is 27.2. The van der Waals surface area contributed by atoms with Gasteiger partial charge >= 0.3 is 5.97 Å². The average Bonchev–Trinajstić information content (AvgIpc) is 3.22. The summed E-state index contributed by atoms with van der Waals surface area (Å²) in [5, 5.41) is 11.3. The largest absolute Gasteiger partial charge is 0.462 e. The van der Waals surface area contributed by atoms with Crippen LogP contribution in [0.3, 0.4) is 0 Å². The molecule has 2 aliphatic rings. The Labute approximate surface area is 220 Å². The third-order valence-electron chi connectivity index (χ3n) is 6.76. The molecule has 0 aromatic heterocycles. The van der Waals surface area contributed by atoms with Crippen molar-refractivity contribution in [3.63, 3.8) is 0 Å². The maximum atomic E-state index is 13.6. The molecule has 1 unspecified atom stereocenters. The van der Waals surface area contributed by atoms with Crippen LogP contribution < -0.4 is 4.90 Å². The van der Waals surface area contributed by atoms with Gasteiger partial charge in [0.2, 0.25) is 5.91 Å². The summed E-state index contributed by atoms with van der Waals surface area (Å²) in [6, 6.07) is 10.2. The molecule has 0 N–H and O–H groups in total. The molecule has 0 radical (unpaired) electrons. The highest BCUT2D eigenvalue weighted by molar-refractivity contribution is 6.23. The highest BCUT2D eigenvalue weighted by Crippen LogP contribution is 2.29. The molecule has 1 aliphatic carbocycles. The molecule has 1 fully saturated rings. The third-order valence-corrected chi connectivity index (χ3v) is 6.76. The van der Waals surface area contributed by atoms with E-state index < -0.39 is 34.7 Å². The minimum absolute atomic E-state index is 0.0781. The topological polar surface area (TPSA) is 127 Å². The van der Waals surface area contributed by atoms with Crippen molar-refractivity contribution >= 4 is 35.1 Å². The summed E-state index contributed by atoms with van der Waals surface area (Å²) in [5.74, 6) is -2.09. The van der Waals surface area contributed by atoms with Crippen LogP contribution in [0.25, 0.3) is 0 Å². The Hall–Kier alpha value is -4.34. The molecule has 10 heteroatoms. The normalized spacial score (nSPS) is 17.2. The highest BCUT2D eigenvalue weighted by atomic mass is 16.6. The van der Waals surface area contributed by atoms with Crippen molar-refractivity contribution in [3.8, 4) is 0 Å². The molecule has 3 amide bonds. The Balaban J connectivity index is 1.61. The molecule has 1 atom stereocenters. The Morgan fingerprint density at radius 1 is 1.11 bits per heavy atom. The number of benzene rings is 2. The molecule has 1 heterocycles. The molecule has 38 heavy (non-hydrogen) atoms. The monoisotopic (exact) mass is 519 g/mol. The second-order valence-electron chi connectivity index (χ2n) is 9.22. The number of amides is 3. The second-order valence-corrected chi connectivity index (χ2v) is 9.22. The molecule has 10 nitrogen and oxygen atoms in total. The molecule has 198 valence electrons. The summed E-state index contributed by atoms with van der Waals surface area (Å²) in [6.45, 7) is 2.11. The number of esters is 1. The van der Waals surface area contributed by atoms with Crippen LogP contribution in [-0.2, 0) is 14.3 Å². The summed E-state index contributed by atoms with van der Waals surface area (Å²) >= 11 is 0. The van der Waals surface area contributed by atoms with Crippen molar-refractivity contribution in [1.82, 2.24) is 4.90 Å². The minimum atomic E-state index is -1.05. The van der Waals surface area contributed by atoms with Crippen molar-refractivity contribution in [2.45, 2.75) is 51.5 Å². The molecular weight excluding hydrogens is 490 g/mol. The minimum Gasteiger partial charge on any atom is -0.462 e. The lowest BCUT2D eigenvalue weighted by atomic mass is 9.96. The summed E-state index contributed by atoms with van der Waals surface area (Å²) in [7, 11) is 0. The van der Waals surface area contributed by atoms with Gasteiger partial charge in [0.25, 0.3) is 17.5 Å². The predicted molar refractivity (Wildman–Crippen MR) is 139 cm³/mol. The van der Waals surface area contributed by atoms with Crippen LogP contribution in [0.15, 0.2) is 60.2 Å². The Bertz CT molecular complexity index is 1290. The van der Waals surface area contributed by atoms with Crippen molar-refractivity contribution in [3.05, 3.63) is 81.4 Å². The molecule has 2 aromatic carbocycles. The number of ether oxygens (including phenoxy) is 1. The third kappa shape index (κ3) is 5.80. The van der Waals surface area contributed by atoms with E-state index in [-0.39, 0.29) is 42.1 Å². The van der Waals surface area contributed by atoms with Crippen LogP contribution in [-0.4, -0.2) is 52.7 Å². The maximum Gasteiger partial charge on any atom is 0.338 e. The molecule has 0 bridgehead atoms. The van der Waals surface area contributed by atoms with Gasteiger partial charge < -0.3 is 9.64 Å². The average molecular weight is 520 g/mol. The number of carbonyl (C=O) groups is 4. The van der Waals surface area contributed by atoms with E-state index in [1.807, 2.05) is 0 Å². The lowest BCUT2D eigenvalue weighted by Crippen LogP contribution is -2.46. The zero-order valence-electron chi connectivity index (χ0n) is 21.1. The number of rotatable bonds is 9. The van der Waals surface area contributed by atoms with Crippen LogP contribution >= 0.6 is 0 Å². The van der Waals surface area contributed by atoms with Gasteiger partial charge in [-0.2, -0.15) is 0 Å². The highest BCUT2D eigenvalue weighted by Gasteiger charge is 2.44.